The third-order valence-electron chi connectivity index (χ3n) is 9.40. The van der Waals surface area contributed by atoms with Crippen LogP contribution in [-0.2, 0) is 28.6 Å². The van der Waals surface area contributed by atoms with Crippen LogP contribution in [0.1, 0.15) is 220 Å². The second-order valence-corrected chi connectivity index (χ2v) is 14.2. The van der Waals surface area contributed by atoms with Crippen molar-refractivity contribution >= 4 is 17.9 Å². The van der Waals surface area contributed by atoms with Crippen molar-refractivity contribution in [1.29, 1.82) is 0 Å². The minimum absolute atomic E-state index is 0.0654. The van der Waals surface area contributed by atoms with E-state index in [0.29, 0.717) is 19.3 Å². The van der Waals surface area contributed by atoms with Gasteiger partial charge in [-0.1, -0.05) is 182 Å². The molecule has 0 aliphatic rings. The summed E-state index contributed by atoms with van der Waals surface area (Å²) >= 11 is 0. The molecule has 0 rings (SSSR count). The van der Waals surface area contributed by atoms with Crippen LogP contribution < -0.4 is 0 Å². The molecule has 2 atom stereocenters. The normalized spacial score (nSPS) is 12.5. The largest absolute Gasteiger partial charge is 0.462 e. The fraction of sp³-hybridized carbons (Fsp3) is 0.927. The average molecular weight is 667 g/mol. The van der Waals surface area contributed by atoms with Crippen molar-refractivity contribution in [3.8, 4) is 0 Å². The molecular weight excluding hydrogens is 588 g/mol. The number of ether oxygens (including phenoxy) is 3. The lowest BCUT2D eigenvalue weighted by Crippen LogP contribution is -2.30. The van der Waals surface area contributed by atoms with Gasteiger partial charge in [0.15, 0.2) is 6.10 Å². The van der Waals surface area contributed by atoms with Gasteiger partial charge in [0.25, 0.3) is 0 Å². The molecule has 0 aromatic rings. The van der Waals surface area contributed by atoms with Crippen molar-refractivity contribution in [2.24, 2.45) is 5.92 Å². The zero-order valence-corrected chi connectivity index (χ0v) is 31.7. The molecular formula is C41H78O6. The smallest absolute Gasteiger partial charge is 0.306 e. The van der Waals surface area contributed by atoms with Gasteiger partial charge in [-0.3, -0.25) is 14.4 Å². The third-order valence-corrected chi connectivity index (χ3v) is 9.40. The number of esters is 3. The Balaban J connectivity index is 4.33. The molecule has 47 heavy (non-hydrogen) atoms. The fourth-order valence-corrected chi connectivity index (χ4v) is 5.89. The molecule has 1 unspecified atom stereocenters. The first-order valence-corrected chi connectivity index (χ1v) is 20.4. The van der Waals surface area contributed by atoms with Crippen LogP contribution in [0.5, 0.6) is 0 Å². The second-order valence-electron chi connectivity index (χ2n) is 14.2. The lowest BCUT2D eigenvalue weighted by Gasteiger charge is -2.18. The summed E-state index contributed by atoms with van der Waals surface area (Å²) in [5.74, 6) is -0.0253. The van der Waals surface area contributed by atoms with Gasteiger partial charge < -0.3 is 14.2 Å². The molecule has 0 amide bonds. The van der Waals surface area contributed by atoms with Crippen molar-refractivity contribution < 1.29 is 28.6 Å². The number of hydrogen-bond acceptors (Lipinski definition) is 6. The maximum absolute atomic E-state index is 12.6. The molecule has 0 bridgehead atoms. The van der Waals surface area contributed by atoms with Crippen LogP contribution in [0.4, 0.5) is 0 Å². The van der Waals surface area contributed by atoms with Gasteiger partial charge in [0.2, 0.25) is 0 Å². The van der Waals surface area contributed by atoms with E-state index < -0.39 is 6.10 Å². The van der Waals surface area contributed by atoms with Crippen molar-refractivity contribution in [2.45, 2.75) is 226 Å². The monoisotopic (exact) mass is 667 g/mol. The number of unbranched alkanes of at least 4 members (excludes halogenated alkanes) is 22. The third kappa shape index (κ3) is 34.1. The summed E-state index contributed by atoms with van der Waals surface area (Å²) in [6, 6.07) is 0. The van der Waals surface area contributed by atoms with E-state index in [2.05, 4.69) is 27.7 Å². The van der Waals surface area contributed by atoms with Crippen LogP contribution in [0, 0.1) is 5.92 Å². The molecule has 0 spiro atoms. The molecule has 6 heteroatoms. The van der Waals surface area contributed by atoms with Crippen molar-refractivity contribution in [2.75, 3.05) is 13.2 Å². The van der Waals surface area contributed by atoms with E-state index >= 15 is 0 Å². The van der Waals surface area contributed by atoms with Gasteiger partial charge in [-0.25, -0.2) is 0 Å². The van der Waals surface area contributed by atoms with E-state index in [-0.39, 0.29) is 31.1 Å². The minimum Gasteiger partial charge on any atom is -0.462 e. The summed E-state index contributed by atoms with van der Waals surface area (Å²) < 4.78 is 16.6. The highest BCUT2D eigenvalue weighted by molar-refractivity contribution is 5.71. The first kappa shape index (κ1) is 45.4. The maximum atomic E-state index is 12.6. The number of rotatable bonds is 36. The fourth-order valence-electron chi connectivity index (χ4n) is 5.89. The molecule has 0 aliphatic carbocycles. The van der Waals surface area contributed by atoms with Gasteiger partial charge in [-0.05, 0) is 25.2 Å². The quantitative estimate of drug-likeness (QED) is 0.0376. The lowest BCUT2D eigenvalue weighted by atomic mass is 9.99. The second kappa shape index (κ2) is 35.7. The lowest BCUT2D eigenvalue weighted by molar-refractivity contribution is -0.167. The molecule has 0 aromatic carbocycles. The topological polar surface area (TPSA) is 78.9 Å². The molecule has 0 radical (unpaired) electrons. The highest BCUT2D eigenvalue weighted by Gasteiger charge is 2.19. The van der Waals surface area contributed by atoms with Gasteiger partial charge >= 0.3 is 17.9 Å². The van der Waals surface area contributed by atoms with Gasteiger partial charge in [-0.15, -0.1) is 0 Å². The standard InChI is InChI=1S/C41H78O6/c1-5-8-10-12-14-15-16-21-25-29-33-40(43)46-36-38(35-45-39(42)32-28-24-19-13-11-9-6-2)47-41(44)34-30-26-22-18-17-20-23-27-31-37(4)7-3/h37-38H,5-36H2,1-4H3/t37?,38-/m0/s1. The van der Waals surface area contributed by atoms with E-state index in [1.54, 1.807) is 0 Å². The average Bonchev–Trinajstić information content (AvgIpc) is 3.07. The van der Waals surface area contributed by atoms with Gasteiger partial charge in [0.1, 0.15) is 13.2 Å². The molecule has 0 saturated carbocycles. The van der Waals surface area contributed by atoms with Crippen molar-refractivity contribution in [3.63, 3.8) is 0 Å². The Labute approximate surface area is 291 Å². The van der Waals surface area contributed by atoms with E-state index in [1.165, 1.54) is 116 Å². The summed E-state index contributed by atoms with van der Waals surface area (Å²) in [5.41, 5.74) is 0. The number of hydrogen-bond donors (Lipinski definition) is 0. The number of carbonyl (C=O) groups is 3. The molecule has 0 aromatic heterocycles. The summed E-state index contributed by atoms with van der Waals surface area (Å²) in [5, 5.41) is 0. The van der Waals surface area contributed by atoms with Crippen LogP contribution in [0.15, 0.2) is 0 Å². The van der Waals surface area contributed by atoms with Crippen LogP contribution in [-0.4, -0.2) is 37.2 Å². The first-order chi connectivity index (χ1) is 22.9. The predicted octanol–water partition coefficient (Wildman–Crippen LogP) is 12.4. The summed E-state index contributed by atoms with van der Waals surface area (Å²) in [6.07, 6.45) is 32.3. The van der Waals surface area contributed by atoms with E-state index in [4.69, 9.17) is 14.2 Å². The molecule has 0 N–H and O–H groups in total. The summed E-state index contributed by atoms with van der Waals surface area (Å²) in [7, 11) is 0. The maximum Gasteiger partial charge on any atom is 0.306 e. The SMILES string of the molecule is CCCCCCCCCCCCC(=O)OC[C@H](COC(=O)CCCCCCCCC)OC(=O)CCCCCCCCCCC(C)CC. The first-order valence-electron chi connectivity index (χ1n) is 20.4. The molecule has 0 heterocycles. The predicted molar refractivity (Wildman–Crippen MR) is 196 cm³/mol. The molecule has 0 saturated heterocycles. The van der Waals surface area contributed by atoms with Crippen molar-refractivity contribution in [1.82, 2.24) is 0 Å². The van der Waals surface area contributed by atoms with E-state index in [9.17, 15) is 14.4 Å². The van der Waals surface area contributed by atoms with E-state index in [1.807, 2.05) is 0 Å². The van der Waals surface area contributed by atoms with Crippen LogP contribution in [0.25, 0.3) is 0 Å². The van der Waals surface area contributed by atoms with Crippen molar-refractivity contribution in [3.05, 3.63) is 0 Å². The zero-order chi connectivity index (χ0) is 34.6. The molecule has 6 nitrogen and oxygen atoms in total. The molecule has 0 fully saturated rings. The Morgan fingerprint density at radius 2 is 0.745 bits per heavy atom. The van der Waals surface area contributed by atoms with Gasteiger partial charge in [0.05, 0.1) is 0 Å². The zero-order valence-electron chi connectivity index (χ0n) is 31.7. The highest BCUT2D eigenvalue weighted by atomic mass is 16.6. The van der Waals surface area contributed by atoms with Gasteiger partial charge in [0, 0.05) is 19.3 Å². The Bertz CT molecular complexity index is 708. The summed E-state index contributed by atoms with van der Waals surface area (Å²) in [6.45, 7) is 8.92. The Morgan fingerprint density at radius 1 is 0.426 bits per heavy atom. The van der Waals surface area contributed by atoms with Crippen LogP contribution >= 0.6 is 0 Å². The van der Waals surface area contributed by atoms with Crippen LogP contribution in [0.2, 0.25) is 0 Å². The Hall–Kier alpha value is -1.59. The highest BCUT2D eigenvalue weighted by Crippen LogP contribution is 2.16. The Morgan fingerprint density at radius 3 is 1.11 bits per heavy atom. The minimum atomic E-state index is -0.757. The molecule has 278 valence electrons. The molecule has 0 aliphatic heterocycles. The van der Waals surface area contributed by atoms with E-state index in [0.717, 1.165) is 63.7 Å². The summed E-state index contributed by atoms with van der Waals surface area (Å²) in [4.78, 5) is 37.4. The Kier molecular flexibility index (Phi) is 34.5. The number of carbonyl (C=O) groups excluding carboxylic acids is 3. The van der Waals surface area contributed by atoms with Gasteiger partial charge in [-0.2, -0.15) is 0 Å². The van der Waals surface area contributed by atoms with Crippen LogP contribution in [0.3, 0.4) is 0 Å².